The van der Waals surface area contributed by atoms with Crippen molar-refractivity contribution < 1.29 is 5.11 Å². The zero-order valence-corrected chi connectivity index (χ0v) is 14.8. The number of aliphatic imine (C=N–C) groups is 1. The van der Waals surface area contributed by atoms with Crippen LogP contribution in [0, 0.1) is 0 Å². The van der Waals surface area contributed by atoms with Crippen LogP contribution in [0.3, 0.4) is 0 Å². The highest BCUT2D eigenvalue weighted by atomic mass is 79.9. The van der Waals surface area contributed by atoms with Crippen molar-refractivity contribution in [1.82, 2.24) is 5.32 Å². The predicted molar refractivity (Wildman–Crippen MR) is 98.0 cm³/mol. The van der Waals surface area contributed by atoms with Crippen LogP contribution < -0.4 is 5.32 Å². The van der Waals surface area contributed by atoms with E-state index < -0.39 is 0 Å². The first-order chi connectivity index (χ1) is 11.2. The first-order valence-electron chi connectivity index (χ1n) is 8.04. The monoisotopic (exact) mass is 372 g/mol. The van der Waals surface area contributed by atoms with Crippen molar-refractivity contribution in [2.45, 2.75) is 38.4 Å². The summed E-state index contributed by atoms with van der Waals surface area (Å²) in [5.41, 5.74) is 3.18. The summed E-state index contributed by atoms with van der Waals surface area (Å²) in [5.74, 6) is 0.343. The van der Waals surface area contributed by atoms with E-state index in [2.05, 4.69) is 40.3 Å². The molecule has 120 valence electrons. The minimum Gasteiger partial charge on any atom is -0.508 e. The number of benzene rings is 2. The van der Waals surface area contributed by atoms with Gasteiger partial charge in [-0.25, -0.2) is 0 Å². The standard InChI is InChI=1S/C19H21BrN2O/c1-2-6-19-21-16(13-7-5-8-14(20)11-13)12-17(22-19)15-9-3-4-10-18(15)23/h3-5,7-11,17,19,22-23H,2,6,12H2,1H3/t17-,19+/m0/s1. The van der Waals surface area contributed by atoms with Crippen molar-refractivity contribution in [3.05, 3.63) is 64.1 Å². The maximum Gasteiger partial charge on any atom is 0.120 e. The van der Waals surface area contributed by atoms with E-state index in [-0.39, 0.29) is 12.2 Å². The Labute approximate surface area is 145 Å². The Bertz CT molecular complexity index is 714. The molecule has 0 aliphatic carbocycles. The third-order valence-corrected chi connectivity index (χ3v) is 4.63. The van der Waals surface area contributed by atoms with Crippen molar-refractivity contribution in [3.63, 3.8) is 0 Å². The quantitative estimate of drug-likeness (QED) is 0.808. The maximum atomic E-state index is 10.2. The highest BCUT2D eigenvalue weighted by Gasteiger charge is 2.26. The van der Waals surface area contributed by atoms with Crippen molar-refractivity contribution in [3.8, 4) is 5.75 Å². The minimum atomic E-state index is 0.0826. The minimum absolute atomic E-state index is 0.0826. The third kappa shape index (κ3) is 3.82. The molecule has 1 aliphatic heterocycles. The summed E-state index contributed by atoms with van der Waals surface area (Å²) in [6.07, 6.45) is 2.92. The molecule has 2 aromatic carbocycles. The smallest absolute Gasteiger partial charge is 0.120 e. The summed E-state index contributed by atoms with van der Waals surface area (Å²) in [6, 6.07) is 15.9. The van der Waals surface area contributed by atoms with Gasteiger partial charge in [-0.1, -0.05) is 59.6 Å². The lowest BCUT2D eigenvalue weighted by molar-refractivity contribution is 0.391. The summed E-state index contributed by atoms with van der Waals surface area (Å²) in [5, 5.41) is 13.8. The molecule has 2 aromatic rings. The lowest BCUT2D eigenvalue weighted by Gasteiger charge is -2.30. The summed E-state index contributed by atoms with van der Waals surface area (Å²) in [7, 11) is 0. The van der Waals surface area contributed by atoms with Gasteiger partial charge in [-0.2, -0.15) is 0 Å². The Kier molecular flexibility index (Phi) is 5.13. The summed E-state index contributed by atoms with van der Waals surface area (Å²) >= 11 is 3.54. The Morgan fingerprint density at radius 3 is 2.78 bits per heavy atom. The average Bonchev–Trinajstić information content (AvgIpc) is 2.55. The number of hydrogen-bond donors (Lipinski definition) is 2. The van der Waals surface area contributed by atoms with Gasteiger partial charge in [0.2, 0.25) is 0 Å². The van der Waals surface area contributed by atoms with Crippen molar-refractivity contribution >= 4 is 21.6 Å². The number of para-hydroxylation sites is 1. The average molecular weight is 373 g/mol. The fourth-order valence-electron chi connectivity index (χ4n) is 3.03. The number of phenols is 1. The largest absolute Gasteiger partial charge is 0.508 e. The van der Waals surface area contributed by atoms with Gasteiger partial charge in [0.05, 0.1) is 0 Å². The molecule has 23 heavy (non-hydrogen) atoms. The molecule has 0 fully saturated rings. The molecule has 0 radical (unpaired) electrons. The lowest BCUT2D eigenvalue weighted by atomic mass is 9.94. The summed E-state index contributed by atoms with van der Waals surface area (Å²) in [6.45, 7) is 2.17. The SMILES string of the molecule is CCC[C@@H]1N=C(c2cccc(Br)c2)C[C@@H](c2ccccc2O)N1. The van der Waals surface area contributed by atoms with E-state index in [1.165, 1.54) is 0 Å². The fraction of sp³-hybridized carbons (Fsp3) is 0.316. The zero-order valence-electron chi connectivity index (χ0n) is 13.2. The molecule has 2 N–H and O–H groups in total. The highest BCUT2D eigenvalue weighted by molar-refractivity contribution is 9.10. The molecule has 3 rings (SSSR count). The topological polar surface area (TPSA) is 44.6 Å². The second-order valence-corrected chi connectivity index (χ2v) is 6.79. The van der Waals surface area contributed by atoms with E-state index in [1.54, 1.807) is 6.07 Å². The second kappa shape index (κ2) is 7.28. The zero-order chi connectivity index (χ0) is 16.2. The Morgan fingerprint density at radius 2 is 2.04 bits per heavy atom. The Morgan fingerprint density at radius 1 is 1.22 bits per heavy atom. The molecule has 0 saturated carbocycles. The highest BCUT2D eigenvalue weighted by Crippen LogP contribution is 2.31. The summed E-state index contributed by atoms with van der Waals surface area (Å²) < 4.78 is 1.06. The molecule has 0 bridgehead atoms. The molecule has 0 unspecified atom stereocenters. The van der Waals surface area contributed by atoms with Gasteiger partial charge in [-0.05, 0) is 30.2 Å². The molecule has 3 nitrogen and oxygen atoms in total. The van der Waals surface area contributed by atoms with Crippen LogP contribution in [0.5, 0.6) is 5.75 Å². The molecular weight excluding hydrogens is 352 g/mol. The van der Waals surface area contributed by atoms with Crippen molar-refractivity contribution in [2.24, 2.45) is 4.99 Å². The first-order valence-corrected chi connectivity index (χ1v) is 8.83. The van der Waals surface area contributed by atoms with Gasteiger partial charge in [-0.15, -0.1) is 0 Å². The van der Waals surface area contributed by atoms with Crippen molar-refractivity contribution in [1.29, 1.82) is 0 Å². The van der Waals surface area contributed by atoms with Crippen LogP contribution in [0.1, 0.15) is 43.4 Å². The molecule has 4 heteroatoms. The number of hydrogen-bond acceptors (Lipinski definition) is 3. The molecule has 0 amide bonds. The number of phenolic OH excluding ortho intramolecular Hbond substituents is 1. The molecule has 0 saturated heterocycles. The number of nitrogens with zero attached hydrogens (tertiary/aromatic N) is 1. The van der Waals surface area contributed by atoms with E-state index in [4.69, 9.17) is 4.99 Å². The number of nitrogens with one attached hydrogen (secondary N) is 1. The van der Waals surface area contributed by atoms with Gasteiger partial charge in [0.1, 0.15) is 11.9 Å². The second-order valence-electron chi connectivity index (χ2n) is 5.87. The maximum absolute atomic E-state index is 10.2. The number of aromatic hydroxyl groups is 1. The predicted octanol–water partition coefficient (Wildman–Crippen LogP) is 4.80. The van der Waals surface area contributed by atoms with Crippen LogP contribution >= 0.6 is 15.9 Å². The van der Waals surface area contributed by atoms with E-state index in [0.29, 0.717) is 5.75 Å². The summed E-state index contributed by atoms with van der Waals surface area (Å²) in [4.78, 5) is 4.89. The Balaban J connectivity index is 1.94. The van der Waals surface area contributed by atoms with E-state index in [9.17, 15) is 5.11 Å². The molecule has 1 aliphatic rings. The molecular formula is C19H21BrN2O. The van der Waals surface area contributed by atoms with Gasteiger partial charge >= 0.3 is 0 Å². The Hall–Kier alpha value is -1.65. The van der Waals surface area contributed by atoms with Gasteiger partial charge in [-0.3, -0.25) is 10.3 Å². The van der Waals surface area contributed by atoms with Gasteiger partial charge < -0.3 is 5.11 Å². The van der Waals surface area contributed by atoms with Gasteiger partial charge in [0, 0.05) is 28.2 Å². The lowest BCUT2D eigenvalue weighted by Crippen LogP contribution is -2.38. The number of halogens is 1. The normalized spacial score (nSPS) is 21.0. The van der Waals surface area contributed by atoms with E-state index in [1.807, 2.05) is 30.3 Å². The number of rotatable bonds is 4. The van der Waals surface area contributed by atoms with Crippen LogP contribution in [0.25, 0.3) is 0 Å². The van der Waals surface area contributed by atoms with Crippen molar-refractivity contribution in [2.75, 3.05) is 0 Å². The van der Waals surface area contributed by atoms with Crippen LogP contribution in [0.2, 0.25) is 0 Å². The van der Waals surface area contributed by atoms with E-state index >= 15 is 0 Å². The van der Waals surface area contributed by atoms with E-state index in [0.717, 1.165) is 40.6 Å². The van der Waals surface area contributed by atoms with Gasteiger partial charge in [0.25, 0.3) is 0 Å². The fourth-order valence-corrected chi connectivity index (χ4v) is 3.43. The van der Waals surface area contributed by atoms with Crippen LogP contribution in [-0.4, -0.2) is 17.0 Å². The van der Waals surface area contributed by atoms with Crippen LogP contribution in [0.4, 0.5) is 0 Å². The third-order valence-electron chi connectivity index (χ3n) is 4.13. The van der Waals surface area contributed by atoms with Crippen LogP contribution in [0.15, 0.2) is 58.0 Å². The van der Waals surface area contributed by atoms with Crippen LogP contribution in [-0.2, 0) is 0 Å². The molecule has 0 spiro atoms. The van der Waals surface area contributed by atoms with Gasteiger partial charge in [0.15, 0.2) is 0 Å². The molecule has 0 aromatic heterocycles. The first kappa shape index (κ1) is 16.2. The molecule has 1 heterocycles. The molecule has 2 atom stereocenters.